The van der Waals surface area contributed by atoms with Crippen molar-refractivity contribution in [3.05, 3.63) is 59.2 Å². The van der Waals surface area contributed by atoms with Crippen LogP contribution in [0.5, 0.6) is 0 Å². The van der Waals surface area contributed by atoms with Gasteiger partial charge in [-0.05, 0) is 85.1 Å². The molecule has 0 fully saturated rings. The fraction of sp³-hybridized carbons (Fsp3) is 0.391. The number of hydrogen-bond donors (Lipinski definition) is 1. The van der Waals surface area contributed by atoms with Crippen LogP contribution in [0.4, 0.5) is 4.39 Å². The van der Waals surface area contributed by atoms with E-state index in [9.17, 15) is 9.18 Å². The molecule has 0 unspecified atom stereocenters. The molecule has 1 N–H and O–H groups in total. The number of carbonyl (C=O) groups excluding carboxylic acids is 1. The molecule has 0 aliphatic heterocycles. The molecule has 2 aromatic carbocycles. The second kappa shape index (κ2) is 7.63. The van der Waals surface area contributed by atoms with Gasteiger partial charge in [-0.2, -0.15) is 4.68 Å². The number of halogens is 1. The zero-order valence-corrected chi connectivity index (χ0v) is 18.5. The highest BCUT2D eigenvalue weighted by atomic mass is 19.1. The molecule has 6 nitrogen and oxygen atoms in total. The summed E-state index contributed by atoms with van der Waals surface area (Å²) < 4.78 is 15.4. The number of rotatable bonds is 3. The van der Waals surface area contributed by atoms with Crippen LogP contribution in [-0.4, -0.2) is 31.7 Å². The van der Waals surface area contributed by atoms with Crippen molar-refractivity contribution in [3.8, 4) is 16.8 Å². The number of tetrazole rings is 1. The van der Waals surface area contributed by atoms with Crippen LogP contribution in [-0.2, 0) is 5.41 Å². The van der Waals surface area contributed by atoms with Crippen molar-refractivity contribution >= 4 is 5.91 Å². The Labute approximate surface area is 176 Å². The van der Waals surface area contributed by atoms with Gasteiger partial charge in [0.1, 0.15) is 5.82 Å². The molecule has 158 valence electrons. The molecule has 1 aromatic heterocycles. The first-order valence-electron chi connectivity index (χ1n) is 9.88. The molecule has 30 heavy (non-hydrogen) atoms. The standard InChI is InChI=1S/C23H28FN5O/c1-14-10-15(8-9-19(14)24)16-11-17(20(30)25-23(5,6)7)13-18(12-16)29-21(22(2,3)4)26-27-28-29/h8-13H,1-7H3,(H,25,30). The Hall–Kier alpha value is -3.09. The van der Waals surface area contributed by atoms with E-state index in [0.717, 1.165) is 11.1 Å². The molecule has 3 rings (SSSR count). The lowest BCUT2D eigenvalue weighted by atomic mass is 9.95. The topological polar surface area (TPSA) is 72.7 Å². The summed E-state index contributed by atoms with van der Waals surface area (Å²) in [5.41, 5.74) is 2.61. The number of aryl methyl sites for hydroxylation is 1. The average Bonchev–Trinajstić information content (AvgIpc) is 3.12. The van der Waals surface area contributed by atoms with Crippen LogP contribution in [0.1, 0.15) is 63.3 Å². The Morgan fingerprint density at radius 3 is 2.30 bits per heavy atom. The molecule has 3 aromatic rings. The van der Waals surface area contributed by atoms with Gasteiger partial charge in [-0.1, -0.05) is 26.8 Å². The highest BCUT2D eigenvalue weighted by molar-refractivity contribution is 5.96. The van der Waals surface area contributed by atoms with E-state index in [0.29, 0.717) is 22.6 Å². The van der Waals surface area contributed by atoms with Gasteiger partial charge in [0.25, 0.3) is 5.91 Å². The first kappa shape index (κ1) is 21.6. The number of hydrogen-bond acceptors (Lipinski definition) is 4. The van der Waals surface area contributed by atoms with Gasteiger partial charge in [-0.25, -0.2) is 4.39 Å². The van der Waals surface area contributed by atoms with Gasteiger partial charge in [-0.15, -0.1) is 5.10 Å². The predicted molar refractivity (Wildman–Crippen MR) is 115 cm³/mol. The summed E-state index contributed by atoms with van der Waals surface area (Å²) in [5.74, 6) is 0.211. The maximum atomic E-state index is 13.8. The molecule has 0 aliphatic carbocycles. The van der Waals surface area contributed by atoms with Crippen LogP contribution in [0, 0.1) is 12.7 Å². The zero-order valence-electron chi connectivity index (χ0n) is 18.5. The van der Waals surface area contributed by atoms with E-state index < -0.39 is 0 Å². The van der Waals surface area contributed by atoms with E-state index >= 15 is 0 Å². The molecule has 1 amide bonds. The van der Waals surface area contributed by atoms with E-state index in [1.165, 1.54) is 6.07 Å². The van der Waals surface area contributed by atoms with Crippen molar-refractivity contribution < 1.29 is 9.18 Å². The van der Waals surface area contributed by atoms with Crippen LogP contribution in [0.2, 0.25) is 0 Å². The molecule has 0 bridgehead atoms. The molecule has 0 spiro atoms. The second-order valence-electron chi connectivity index (χ2n) is 9.60. The summed E-state index contributed by atoms with van der Waals surface area (Å²) in [7, 11) is 0. The Kier molecular flexibility index (Phi) is 5.50. The lowest BCUT2D eigenvalue weighted by molar-refractivity contribution is 0.0919. The van der Waals surface area contributed by atoms with Crippen molar-refractivity contribution in [2.75, 3.05) is 0 Å². The van der Waals surface area contributed by atoms with E-state index in [2.05, 4.69) is 20.8 Å². The first-order valence-corrected chi connectivity index (χ1v) is 9.88. The minimum Gasteiger partial charge on any atom is -0.347 e. The predicted octanol–water partition coefficient (Wildman–Crippen LogP) is 4.60. The Morgan fingerprint density at radius 1 is 1.00 bits per heavy atom. The van der Waals surface area contributed by atoms with Crippen molar-refractivity contribution in [2.24, 2.45) is 0 Å². The third-order valence-electron chi connectivity index (χ3n) is 4.54. The molecular formula is C23H28FN5O. The van der Waals surface area contributed by atoms with Crippen LogP contribution < -0.4 is 5.32 Å². The Morgan fingerprint density at radius 2 is 1.70 bits per heavy atom. The summed E-state index contributed by atoms with van der Waals surface area (Å²) in [5, 5.41) is 15.2. The van der Waals surface area contributed by atoms with E-state index in [-0.39, 0.29) is 22.7 Å². The normalized spacial score (nSPS) is 12.1. The van der Waals surface area contributed by atoms with Crippen LogP contribution in [0.3, 0.4) is 0 Å². The maximum absolute atomic E-state index is 13.8. The SMILES string of the molecule is Cc1cc(-c2cc(C(=O)NC(C)(C)C)cc(-n3nnnc3C(C)(C)C)c2)ccc1F. The average molecular weight is 410 g/mol. The van der Waals surface area contributed by atoms with Crippen LogP contribution in [0.25, 0.3) is 16.8 Å². The van der Waals surface area contributed by atoms with Gasteiger partial charge < -0.3 is 5.32 Å². The van der Waals surface area contributed by atoms with Crippen molar-refractivity contribution in [3.63, 3.8) is 0 Å². The van der Waals surface area contributed by atoms with Gasteiger partial charge >= 0.3 is 0 Å². The lowest BCUT2D eigenvalue weighted by Gasteiger charge is -2.22. The van der Waals surface area contributed by atoms with Crippen molar-refractivity contribution in [2.45, 2.75) is 59.4 Å². The van der Waals surface area contributed by atoms with Crippen LogP contribution in [0.15, 0.2) is 36.4 Å². The maximum Gasteiger partial charge on any atom is 0.251 e. The summed E-state index contributed by atoms with van der Waals surface area (Å²) in [6.45, 7) is 13.6. The Bertz CT molecular complexity index is 1090. The third kappa shape index (κ3) is 4.72. The molecule has 0 saturated heterocycles. The van der Waals surface area contributed by atoms with Gasteiger partial charge in [0, 0.05) is 16.5 Å². The van der Waals surface area contributed by atoms with Gasteiger partial charge in [-0.3, -0.25) is 4.79 Å². The van der Waals surface area contributed by atoms with E-state index in [1.54, 1.807) is 35.9 Å². The number of nitrogens with one attached hydrogen (secondary N) is 1. The fourth-order valence-electron chi connectivity index (χ4n) is 3.10. The molecule has 0 aliphatic rings. The number of amides is 1. The van der Waals surface area contributed by atoms with Gasteiger partial charge in [0.05, 0.1) is 5.69 Å². The summed E-state index contributed by atoms with van der Waals surface area (Å²) >= 11 is 0. The first-order chi connectivity index (χ1) is 13.8. The summed E-state index contributed by atoms with van der Waals surface area (Å²) in [4.78, 5) is 12.9. The number of nitrogens with zero attached hydrogens (tertiary/aromatic N) is 4. The minimum absolute atomic E-state index is 0.199. The monoisotopic (exact) mass is 409 g/mol. The minimum atomic E-state index is -0.384. The van der Waals surface area contributed by atoms with Gasteiger partial charge in [0.15, 0.2) is 5.82 Å². The third-order valence-corrected chi connectivity index (χ3v) is 4.54. The highest BCUT2D eigenvalue weighted by Gasteiger charge is 2.24. The number of carbonyl (C=O) groups is 1. The van der Waals surface area contributed by atoms with E-state index in [4.69, 9.17) is 0 Å². The van der Waals surface area contributed by atoms with Gasteiger partial charge in [0.2, 0.25) is 0 Å². The molecule has 0 radical (unpaired) electrons. The zero-order chi connectivity index (χ0) is 22.3. The number of benzene rings is 2. The van der Waals surface area contributed by atoms with Crippen LogP contribution >= 0.6 is 0 Å². The highest BCUT2D eigenvalue weighted by Crippen LogP contribution is 2.28. The fourth-order valence-corrected chi connectivity index (χ4v) is 3.10. The molecule has 0 atom stereocenters. The van der Waals surface area contributed by atoms with Crippen molar-refractivity contribution in [1.29, 1.82) is 0 Å². The lowest BCUT2D eigenvalue weighted by Crippen LogP contribution is -2.40. The van der Waals surface area contributed by atoms with Crippen molar-refractivity contribution in [1.82, 2.24) is 25.5 Å². The smallest absolute Gasteiger partial charge is 0.251 e. The molecular weight excluding hydrogens is 381 g/mol. The van der Waals surface area contributed by atoms with E-state index in [1.807, 2.05) is 47.6 Å². The molecule has 7 heteroatoms. The Balaban J connectivity index is 2.20. The number of aromatic nitrogens is 4. The summed E-state index contributed by atoms with van der Waals surface area (Å²) in [6.07, 6.45) is 0. The second-order valence-corrected chi connectivity index (χ2v) is 9.60. The largest absolute Gasteiger partial charge is 0.347 e. The summed E-state index contributed by atoms with van der Waals surface area (Å²) in [6, 6.07) is 10.4. The molecule has 0 saturated carbocycles. The quantitative estimate of drug-likeness (QED) is 0.686. The molecule has 1 heterocycles.